The van der Waals surface area contributed by atoms with Gasteiger partial charge in [0.25, 0.3) is 0 Å². The van der Waals surface area contributed by atoms with Gasteiger partial charge in [-0.15, -0.1) is 11.3 Å². The molecule has 0 unspecified atom stereocenters. The Hall–Kier alpha value is -1.72. The lowest BCUT2D eigenvalue weighted by Crippen LogP contribution is -2.32. The summed E-state index contributed by atoms with van der Waals surface area (Å²) in [6.07, 6.45) is 1.61. The molecule has 0 radical (unpaired) electrons. The average Bonchev–Trinajstić information content (AvgIpc) is 3.20. The first-order chi connectivity index (χ1) is 10.3. The summed E-state index contributed by atoms with van der Waals surface area (Å²) in [5.74, 6) is 0.133. The van der Waals surface area contributed by atoms with Crippen LogP contribution < -0.4 is 5.32 Å². The van der Waals surface area contributed by atoms with Gasteiger partial charge in [-0.3, -0.25) is 4.79 Å². The van der Waals surface area contributed by atoms with Crippen molar-refractivity contribution in [3.05, 3.63) is 40.7 Å². The first-order valence-electron chi connectivity index (χ1n) is 7.18. The van der Waals surface area contributed by atoms with Crippen molar-refractivity contribution in [2.75, 3.05) is 19.8 Å². The SMILES string of the molecule is O=C(NCCc1nc(-c2ccccc2)cs1)[C@@H]1CCOC1. The lowest BCUT2D eigenvalue weighted by Gasteiger charge is -2.08. The third-order valence-corrected chi connectivity index (χ3v) is 4.47. The van der Waals surface area contributed by atoms with Gasteiger partial charge in [-0.05, 0) is 6.42 Å². The smallest absolute Gasteiger partial charge is 0.225 e. The minimum Gasteiger partial charge on any atom is -0.381 e. The fraction of sp³-hybridized carbons (Fsp3) is 0.375. The molecule has 1 aromatic carbocycles. The van der Waals surface area contributed by atoms with Crippen molar-refractivity contribution in [1.82, 2.24) is 10.3 Å². The monoisotopic (exact) mass is 302 g/mol. The number of nitrogens with one attached hydrogen (secondary N) is 1. The number of carbonyl (C=O) groups excluding carboxylic acids is 1. The summed E-state index contributed by atoms with van der Waals surface area (Å²) in [5.41, 5.74) is 2.14. The van der Waals surface area contributed by atoms with Crippen LogP contribution in [-0.4, -0.2) is 30.6 Å². The minimum atomic E-state index is 0.0289. The Morgan fingerprint density at radius 2 is 2.24 bits per heavy atom. The Bertz CT molecular complexity index is 591. The van der Waals surface area contributed by atoms with Gasteiger partial charge >= 0.3 is 0 Å². The second kappa shape index (κ2) is 6.83. The maximum absolute atomic E-state index is 11.9. The van der Waals surface area contributed by atoms with Crippen LogP contribution in [0.5, 0.6) is 0 Å². The molecular weight excluding hydrogens is 284 g/mol. The van der Waals surface area contributed by atoms with E-state index in [1.165, 1.54) is 0 Å². The molecule has 0 saturated carbocycles. The fourth-order valence-corrected chi connectivity index (χ4v) is 3.15. The number of thiazole rings is 1. The molecule has 110 valence electrons. The van der Waals surface area contributed by atoms with E-state index >= 15 is 0 Å². The van der Waals surface area contributed by atoms with E-state index < -0.39 is 0 Å². The second-order valence-electron chi connectivity index (χ2n) is 5.09. The number of amides is 1. The fourth-order valence-electron chi connectivity index (χ4n) is 2.35. The predicted molar refractivity (Wildman–Crippen MR) is 83.2 cm³/mol. The molecule has 1 saturated heterocycles. The molecule has 0 aliphatic carbocycles. The van der Waals surface area contributed by atoms with Crippen LogP contribution in [0.25, 0.3) is 11.3 Å². The molecule has 1 aliphatic rings. The van der Waals surface area contributed by atoms with Gasteiger partial charge < -0.3 is 10.1 Å². The highest BCUT2D eigenvalue weighted by Gasteiger charge is 2.22. The number of nitrogens with zero attached hydrogens (tertiary/aromatic N) is 1. The summed E-state index contributed by atoms with van der Waals surface area (Å²) in [6, 6.07) is 10.1. The third kappa shape index (κ3) is 3.68. The second-order valence-corrected chi connectivity index (χ2v) is 6.04. The maximum Gasteiger partial charge on any atom is 0.225 e. The zero-order valence-electron chi connectivity index (χ0n) is 11.7. The molecule has 1 aromatic heterocycles. The van der Waals surface area contributed by atoms with Crippen molar-refractivity contribution in [1.29, 1.82) is 0 Å². The quantitative estimate of drug-likeness (QED) is 0.923. The lowest BCUT2D eigenvalue weighted by molar-refractivity contribution is -0.124. The molecule has 2 heterocycles. The number of rotatable bonds is 5. The molecule has 1 N–H and O–H groups in total. The Morgan fingerprint density at radius 1 is 1.38 bits per heavy atom. The zero-order chi connectivity index (χ0) is 14.5. The van der Waals surface area contributed by atoms with Gasteiger partial charge in [-0.1, -0.05) is 30.3 Å². The number of ether oxygens (including phenoxy) is 1. The van der Waals surface area contributed by atoms with E-state index in [1.807, 2.05) is 18.2 Å². The van der Waals surface area contributed by atoms with Crippen LogP contribution >= 0.6 is 11.3 Å². The maximum atomic E-state index is 11.9. The van der Waals surface area contributed by atoms with E-state index in [2.05, 4.69) is 27.8 Å². The van der Waals surface area contributed by atoms with Gasteiger partial charge in [0.15, 0.2) is 0 Å². The molecule has 1 fully saturated rings. The molecule has 4 nitrogen and oxygen atoms in total. The van der Waals surface area contributed by atoms with Gasteiger partial charge in [-0.2, -0.15) is 0 Å². The highest BCUT2D eigenvalue weighted by atomic mass is 32.1. The van der Waals surface area contributed by atoms with Gasteiger partial charge in [0.05, 0.1) is 23.2 Å². The highest BCUT2D eigenvalue weighted by Crippen LogP contribution is 2.21. The van der Waals surface area contributed by atoms with Crippen molar-refractivity contribution in [2.24, 2.45) is 5.92 Å². The van der Waals surface area contributed by atoms with E-state index in [0.29, 0.717) is 19.8 Å². The average molecular weight is 302 g/mol. The summed E-state index contributed by atoms with van der Waals surface area (Å²) < 4.78 is 5.22. The molecule has 1 aliphatic heterocycles. The number of hydrogen-bond acceptors (Lipinski definition) is 4. The summed E-state index contributed by atoms with van der Waals surface area (Å²) in [6.45, 7) is 1.89. The van der Waals surface area contributed by atoms with Crippen LogP contribution in [0, 0.1) is 5.92 Å². The van der Waals surface area contributed by atoms with E-state index in [0.717, 1.165) is 29.1 Å². The molecule has 21 heavy (non-hydrogen) atoms. The van der Waals surface area contributed by atoms with Crippen molar-refractivity contribution in [3.8, 4) is 11.3 Å². The summed E-state index contributed by atoms with van der Waals surface area (Å²) in [7, 11) is 0. The van der Waals surface area contributed by atoms with Crippen molar-refractivity contribution >= 4 is 17.2 Å². The van der Waals surface area contributed by atoms with Crippen LogP contribution in [-0.2, 0) is 16.0 Å². The minimum absolute atomic E-state index is 0.0289. The van der Waals surface area contributed by atoms with Crippen LogP contribution in [0.4, 0.5) is 0 Å². The lowest BCUT2D eigenvalue weighted by atomic mass is 10.1. The number of benzene rings is 1. The number of aromatic nitrogens is 1. The van der Waals surface area contributed by atoms with E-state index in [-0.39, 0.29) is 11.8 Å². The van der Waals surface area contributed by atoms with Crippen molar-refractivity contribution in [3.63, 3.8) is 0 Å². The molecule has 1 atom stereocenters. The third-order valence-electron chi connectivity index (χ3n) is 3.56. The largest absolute Gasteiger partial charge is 0.381 e. The Kier molecular flexibility index (Phi) is 4.62. The van der Waals surface area contributed by atoms with Crippen molar-refractivity contribution in [2.45, 2.75) is 12.8 Å². The highest BCUT2D eigenvalue weighted by molar-refractivity contribution is 7.09. The van der Waals surface area contributed by atoms with Crippen LogP contribution in [0.1, 0.15) is 11.4 Å². The summed E-state index contributed by atoms with van der Waals surface area (Å²) in [4.78, 5) is 16.5. The molecule has 0 spiro atoms. The van der Waals surface area contributed by atoms with E-state index in [4.69, 9.17) is 4.74 Å². The molecule has 5 heteroatoms. The number of hydrogen-bond donors (Lipinski definition) is 1. The first-order valence-corrected chi connectivity index (χ1v) is 8.06. The summed E-state index contributed by atoms with van der Waals surface area (Å²) >= 11 is 1.64. The predicted octanol–water partition coefficient (Wildman–Crippen LogP) is 2.51. The molecule has 3 rings (SSSR count). The standard InChI is InChI=1S/C16H18N2O2S/c19-16(13-7-9-20-10-13)17-8-6-15-18-14(11-21-15)12-4-2-1-3-5-12/h1-5,11,13H,6-10H2,(H,17,19)/t13-/m1/s1. The normalized spacial score (nSPS) is 17.8. The van der Waals surface area contributed by atoms with Crippen LogP contribution in [0.3, 0.4) is 0 Å². The van der Waals surface area contributed by atoms with Crippen LogP contribution in [0.2, 0.25) is 0 Å². The van der Waals surface area contributed by atoms with Crippen molar-refractivity contribution < 1.29 is 9.53 Å². The van der Waals surface area contributed by atoms with Gasteiger partial charge in [0, 0.05) is 30.5 Å². The molecule has 1 amide bonds. The zero-order valence-corrected chi connectivity index (χ0v) is 12.6. The molecular formula is C16H18N2O2S. The Labute approximate surface area is 128 Å². The number of carbonyl (C=O) groups is 1. The van der Waals surface area contributed by atoms with E-state index in [1.54, 1.807) is 11.3 Å². The topological polar surface area (TPSA) is 51.2 Å². The van der Waals surface area contributed by atoms with Gasteiger partial charge in [0.2, 0.25) is 5.91 Å². The molecule has 2 aromatic rings. The first kappa shape index (κ1) is 14.2. The Morgan fingerprint density at radius 3 is 3.00 bits per heavy atom. The molecule has 0 bridgehead atoms. The van der Waals surface area contributed by atoms with Crippen LogP contribution in [0.15, 0.2) is 35.7 Å². The summed E-state index contributed by atoms with van der Waals surface area (Å²) in [5, 5.41) is 6.09. The Balaban J connectivity index is 1.50. The van der Waals surface area contributed by atoms with E-state index in [9.17, 15) is 4.79 Å². The van der Waals surface area contributed by atoms with Gasteiger partial charge in [0.1, 0.15) is 0 Å². The van der Waals surface area contributed by atoms with Gasteiger partial charge in [-0.25, -0.2) is 4.98 Å².